The summed E-state index contributed by atoms with van der Waals surface area (Å²) in [5.74, 6) is -1.02. The number of benzene rings is 3. The molecule has 0 saturated carbocycles. The zero-order valence-corrected chi connectivity index (χ0v) is 28.9. The molecule has 0 spiro atoms. The van der Waals surface area contributed by atoms with Crippen molar-refractivity contribution in [1.29, 1.82) is 0 Å². The number of morpholine rings is 1. The SMILES string of the molecule is Cn1cc(N(C(=O)c2cc(-c3cc(Cl)ccc3C(=O)N3Cc4ccccc4C[C@H]3CN3CCOCC3)n(C)c2C(F)F)c2ccc(O)cc2)cn1. The van der Waals surface area contributed by atoms with Crippen LogP contribution in [0.1, 0.15) is 44.0 Å². The van der Waals surface area contributed by atoms with Crippen LogP contribution in [0.4, 0.5) is 20.2 Å². The van der Waals surface area contributed by atoms with Crippen LogP contribution in [0, 0.1) is 0 Å². The maximum atomic E-state index is 15.0. The smallest absolute Gasteiger partial charge is 0.279 e. The van der Waals surface area contributed by atoms with Crippen LogP contribution in [0.3, 0.4) is 0 Å². The van der Waals surface area contributed by atoms with Crippen molar-refractivity contribution < 1.29 is 28.2 Å². The minimum Gasteiger partial charge on any atom is -0.508 e. The van der Waals surface area contributed by atoms with E-state index in [0.29, 0.717) is 54.7 Å². The zero-order valence-electron chi connectivity index (χ0n) is 28.2. The first-order valence-corrected chi connectivity index (χ1v) is 17.0. The summed E-state index contributed by atoms with van der Waals surface area (Å²) in [5.41, 5.74) is 3.00. The van der Waals surface area contributed by atoms with Crippen molar-refractivity contribution in [2.24, 2.45) is 14.1 Å². The normalized spacial score (nSPS) is 16.4. The number of aromatic hydroxyl groups is 1. The average Bonchev–Trinajstić information content (AvgIpc) is 3.71. The van der Waals surface area contributed by atoms with E-state index >= 15 is 0 Å². The Morgan fingerprint density at radius 3 is 2.39 bits per heavy atom. The molecule has 3 aromatic carbocycles. The maximum Gasteiger partial charge on any atom is 0.279 e. The van der Waals surface area contributed by atoms with Gasteiger partial charge in [0.05, 0.1) is 36.4 Å². The number of phenols is 1. The van der Waals surface area contributed by atoms with Gasteiger partial charge in [-0.1, -0.05) is 35.9 Å². The summed E-state index contributed by atoms with van der Waals surface area (Å²) < 4.78 is 38.3. The van der Waals surface area contributed by atoms with Crippen molar-refractivity contribution in [2.75, 3.05) is 37.7 Å². The lowest BCUT2D eigenvalue weighted by Gasteiger charge is -2.40. The number of hydrogen-bond acceptors (Lipinski definition) is 6. The molecule has 5 aromatic rings. The first-order valence-electron chi connectivity index (χ1n) is 16.7. The van der Waals surface area contributed by atoms with Gasteiger partial charge < -0.3 is 19.3 Å². The number of aryl methyl sites for hydroxylation is 1. The number of hydrogen-bond donors (Lipinski definition) is 1. The summed E-state index contributed by atoms with van der Waals surface area (Å²) in [6.07, 6.45) is 0.679. The Morgan fingerprint density at radius 1 is 0.980 bits per heavy atom. The average molecular weight is 715 g/mol. The number of anilines is 2. The van der Waals surface area contributed by atoms with Gasteiger partial charge in [0.25, 0.3) is 18.2 Å². The summed E-state index contributed by atoms with van der Waals surface area (Å²) in [6, 6.07) is 20.0. The number of carbonyl (C=O) groups excluding carboxylic acids is 2. The highest BCUT2D eigenvalue weighted by Crippen LogP contribution is 2.38. The molecule has 1 atom stereocenters. The molecule has 2 aliphatic heterocycles. The van der Waals surface area contributed by atoms with Gasteiger partial charge in [-0.05, 0) is 66.1 Å². The fraction of sp³-hybridized carbons (Fsp3) is 0.289. The lowest BCUT2D eigenvalue weighted by molar-refractivity contribution is 0.0193. The first-order chi connectivity index (χ1) is 24.6. The summed E-state index contributed by atoms with van der Waals surface area (Å²) in [4.78, 5) is 34.6. The molecule has 1 fully saturated rings. The fourth-order valence-electron chi connectivity index (χ4n) is 7.08. The van der Waals surface area contributed by atoms with E-state index in [2.05, 4.69) is 16.1 Å². The topological polar surface area (TPSA) is 96.1 Å². The summed E-state index contributed by atoms with van der Waals surface area (Å²) in [7, 11) is 3.13. The number of nitrogens with zero attached hydrogens (tertiary/aromatic N) is 6. The van der Waals surface area contributed by atoms with Gasteiger partial charge >= 0.3 is 0 Å². The van der Waals surface area contributed by atoms with Crippen LogP contribution in [-0.2, 0) is 31.8 Å². The quantitative estimate of drug-likeness (QED) is 0.195. The molecule has 10 nitrogen and oxygen atoms in total. The third kappa shape index (κ3) is 6.86. The van der Waals surface area contributed by atoms with Crippen molar-refractivity contribution in [1.82, 2.24) is 24.1 Å². The first kappa shape index (κ1) is 34.4. The maximum absolute atomic E-state index is 15.0. The molecule has 2 amide bonds. The minimum atomic E-state index is -3.03. The summed E-state index contributed by atoms with van der Waals surface area (Å²) in [5, 5.41) is 14.4. The van der Waals surface area contributed by atoms with Crippen LogP contribution >= 0.6 is 11.6 Å². The molecule has 1 N–H and O–H groups in total. The molecule has 2 aromatic heterocycles. The Morgan fingerprint density at radius 2 is 1.71 bits per heavy atom. The molecule has 0 bridgehead atoms. The number of rotatable bonds is 8. The van der Waals surface area contributed by atoms with Crippen LogP contribution in [0.25, 0.3) is 11.3 Å². The van der Waals surface area contributed by atoms with E-state index in [1.807, 2.05) is 23.1 Å². The second-order valence-electron chi connectivity index (χ2n) is 12.9. The third-order valence-electron chi connectivity index (χ3n) is 9.65. The molecule has 0 aliphatic carbocycles. The highest BCUT2D eigenvalue weighted by molar-refractivity contribution is 6.31. The van der Waals surface area contributed by atoms with Gasteiger partial charge in [-0.25, -0.2) is 8.78 Å². The van der Waals surface area contributed by atoms with Crippen LogP contribution in [0.2, 0.25) is 5.02 Å². The Labute approximate surface area is 299 Å². The van der Waals surface area contributed by atoms with Crippen molar-refractivity contribution in [3.8, 4) is 17.0 Å². The van der Waals surface area contributed by atoms with Crippen LogP contribution in [0.5, 0.6) is 5.75 Å². The highest BCUT2D eigenvalue weighted by Gasteiger charge is 2.35. The number of carbonyl (C=O) groups is 2. The molecule has 4 heterocycles. The van der Waals surface area contributed by atoms with Crippen molar-refractivity contribution in [2.45, 2.75) is 25.4 Å². The predicted octanol–water partition coefficient (Wildman–Crippen LogP) is 6.60. The Balaban J connectivity index is 1.31. The van der Waals surface area contributed by atoms with E-state index in [4.69, 9.17) is 16.3 Å². The number of phenolic OH excluding ortho intramolecular Hbond substituents is 1. The monoisotopic (exact) mass is 714 g/mol. The van der Waals surface area contributed by atoms with E-state index < -0.39 is 18.0 Å². The summed E-state index contributed by atoms with van der Waals surface area (Å²) >= 11 is 6.53. The molecule has 1 saturated heterocycles. The van der Waals surface area contributed by atoms with E-state index in [-0.39, 0.29) is 34.5 Å². The predicted molar refractivity (Wildman–Crippen MR) is 190 cm³/mol. The van der Waals surface area contributed by atoms with E-state index in [9.17, 15) is 23.5 Å². The standard InChI is InChI=1S/C38H37ClF2N6O4/c1-43-22-29(20-42-43)47(27-8-10-30(48)11-9-27)38(50)33-19-34(44(2)35(33)36(40)41)32-18-26(39)7-12-31(32)37(49)46-21-25-6-4-3-5-24(25)17-28(46)23-45-13-15-51-16-14-45/h3-12,18-20,22,28,36,48H,13-17,21,23H2,1-2H3/t28-/m0/s1. The van der Waals surface area contributed by atoms with Gasteiger partial charge in [0.1, 0.15) is 5.75 Å². The molecular formula is C38H37ClF2N6O4. The van der Waals surface area contributed by atoms with Gasteiger partial charge in [0.15, 0.2) is 0 Å². The largest absolute Gasteiger partial charge is 0.508 e. The zero-order chi connectivity index (χ0) is 35.8. The molecular weight excluding hydrogens is 678 g/mol. The Bertz CT molecular complexity index is 2070. The minimum absolute atomic E-state index is 0.0184. The number of ether oxygens (including phenoxy) is 1. The molecule has 51 heavy (non-hydrogen) atoms. The lowest BCUT2D eigenvalue weighted by atomic mass is 9.92. The van der Waals surface area contributed by atoms with Crippen molar-refractivity contribution >= 4 is 34.8 Å². The van der Waals surface area contributed by atoms with Gasteiger partial charge in [0.2, 0.25) is 0 Å². The highest BCUT2D eigenvalue weighted by atomic mass is 35.5. The van der Waals surface area contributed by atoms with E-state index in [1.54, 1.807) is 31.4 Å². The summed E-state index contributed by atoms with van der Waals surface area (Å²) in [6.45, 7) is 3.84. The third-order valence-corrected chi connectivity index (χ3v) is 9.89. The number of alkyl halides is 2. The molecule has 7 rings (SSSR count). The Hall–Kier alpha value is -5.04. The van der Waals surface area contributed by atoms with E-state index in [0.717, 1.165) is 18.7 Å². The number of aromatic nitrogens is 3. The molecule has 264 valence electrons. The Kier molecular flexibility index (Phi) is 9.65. The van der Waals surface area contributed by atoms with Gasteiger partial charge in [-0.3, -0.25) is 24.1 Å². The number of fused-ring (bicyclic) bond motifs is 1. The van der Waals surface area contributed by atoms with Crippen molar-refractivity contribution in [3.63, 3.8) is 0 Å². The number of amides is 2. The molecule has 2 aliphatic rings. The lowest BCUT2D eigenvalue weighted by Crippen LogP contribution is -2.52. The van der Waals surface area contributed by atoms with Crippen LogP contribution < -0.4 is 4.90 Å². The van der Waals surface area contributed by atoms with Crippen LogP contribution in [-0.4, -0.2) is 80.0 Å². The second kappa shape index (κ2) is 14.3. The number of halogens is 3. The van der Waals surface area contributed by atoms with Gasteiger partial charge in [0, 0.05) is 80.0 Å². The second-order valence-corrected chi connectivity index (χ2v) is 13.3. The fourth-order valence-corrected chi connectivity index (χ4v) is 7.25. The molecule has 0 unspecified atom stereocenters. The molecule has 0 radical (unpaired) electrons. The van der Waals surface area contributed by atoms with Gasteiger partial charge in [-0.2, -0.15) is 5.10 Å². The molecule has 13 heteroatoms. The van der Waals surface area contributed by atoms with Crippen LogP contribution in [0.15, 0.2) is 85.2 Å². The van der Waals surface area contributed by atoms with E-state index in [1.165, 1.54) is 63.3 Å². The van der Waals surface area contributed by atoms with Crippen molar-refractivity contribution in [3.05, 3.63) is 118 Å². The van der Waals surface area contributed by atoms with Gasteiger partial charge in [-0.15, -0.1) is 0 Å².